The van der Waals surface area contributed by atoms with Crippen LogP contribution in [0.5, 0.6) is 5.75 Å². The number of aryl methyl sites for hydroxylation is 2. The molecule has 28 heavy (non-hydrogen) atoms. The highest BCUT2D eigenvalue weighted by molar-refractivity contribution is 7.12. The number of carbonyl (C=O) groups is 1. The second-order valence-corrected chi connectivity index (χ2v) is 8.19. The molecule has 5 nitrogen and oxygen atoms in total. The summed E-state index contributed by atoms with van der Waals surface area (Å²) in [6.07, 6.45) is 2.53. The first-order valence-corrected chi connectivity index (χ1v) is 10.4. The van der Waals surface area contributed by atoms with Gasteiger partial charge in [-0.2, -0.15) is 0 Å². The number of rotatable bonds is 7. The molecule has 0 unspecified atom stereocenters. The Morgan fingerprint density at radius 1 is 1.18 bits per heavy atom. The van der Waals surface area contributed by atoms with Gasteiger partial charge < -0.3 is 9.64 Å². The molecule has 0 N–H and O–H groups in total. The molecule has 0 saturated heterocycles. The number of ether oxygens (including phenoxy) is 1. The normalized spacial score (nSPS) is 13.5. The molecule has 1 saturated carbocycles. The fraction of sp³-hybridized carbons (Fsp3) is 0.364. The third-order valence-corrected chi connectivity index (χ3v) is 6.03. The molecule has 3 aromatic rings. The molecule has 0 radical (unpaired) electrons. The summed E-state index contributed by atoms with van der Waals surface area (Å²) in [4.78, 5) is 19.7. The van der Waals surface area contributed by atoms with Crippen LogP contribution in [0, 0.1) is 13.8 Å². The van der Waals surface area contributed by atoms with Gasteiger partial charge in [-0.3, -0.25) is 9.36 Å². The predicted octanol–water partition coefficient (Wildman–Crippen LogP) is 4.29. The van der Waals surface area contributed by atoms with E-state index in [4.69, 9.17) is 9.72 Å². The Kier molecular flexibility index (Phi) is 5.22. The maximum absolute atomic E-state index is 13.0. The summed E-state index contributed by atoms with van der Waals surface area (Å²) in [5.41, 5.74) is 4.28. The molecule has 4 rings (SSSR count). The summed E-state index contributed by atoms with van der Waals surface area (Å²) in [5.74, 6) is 0.981. The third-order valence-electron chi connectivity index (χ3n) is 5.15. The van der Waals surface area contributed by atoms with E-state index in [-0.39, 0.29) is 5.91 Å². The maximum atomic E-state index is 13.0. The van der Waals surface area contributed by atoms with Crippen LogP contribution < -0.4 is 4.74 Å². The Bertz CT molecular complexity index is 951. The van der Waals surface area contributed by atoms with E-state index in [0.717, 1.165) is 46.4 Å². The van der Waals surface area contributed by atoms with Crippen molar-refractivity contribution in [3.05, 3.63) is 64.4 Å². The van der Waals surface area contributed by atoms with Crippen molar-refractivity contribution in [2.24, 2.45) is 0 Å². The maximum Gasteiger partial charge on any atom is 0.229 e. The number of amides is 1. The van der Waals surface area contributed by atoms with Gasteiger partial charge in [0.2, 0.25) is 5.91 Å². The van der Waals surface area contributed by atoms with E-state index in [1.807, 2.05) is 34.5 Å². The summed E-state index contributed by atoms with van der Waals surface area (Å²) in [6, 6.07) is 12.5. The van der Waals surface area contributed by atoms with E-state index in [1.165, 1.54) is 0 Å². The number of aromatic nitrogens is 2. The molecule has 0 aliphatic heterocycles. The van der Waals surface area contributed by atoms with E-state index in [2.05, 4.69) is 30.5 Å². The fourth-order valence-corrected chi connectivity index (χ4v) is 4.38. The van der Waals surface area contributed by atoms with Crippen molar-refractivity contribution in [2.75, 3.05) is 7.11 Å². The van der Waals surface area contributed by atoms with Crippen molar-refractivity contribution in [1.82, 2.24) is 14.5 Å². The zero-order valence-corrected chi connectivity index (χ0v) is 17.3. The molecule has 1 fully saturated rings. The summed E-state index contributed by atoms with van der Waals surface area (Å²) in [5, 5.41) is 2.93. The molecule has 2 heterocycles. The second kappa shape index (κ2) is 7.80. The van der Waals surface area contributed by atoms with E-state index >= 15 is 0 Å². The van der Waals surface area contributed by atoms with Gasteiger partial charge in [0, 0.05) is 29.4 Å². The average molecular weight is 396 g/mol. The van der Waals surface area contributed by atoms with Crippen LogP contribution in [0.1, 0.15) is 35.5 Å². The van der Waals surface area contributed by atoms with Gasteiger partial charge in [-0.25, -0.2) is 4.98 Å². The van der Waals surface area contributed by atoms with Crippen molar-refractivity contribution in [2.45, 2.75) is 45.7 Å². The van der Waals surface area contributed by atoms with Crippen molar-refractivity contribution in [3.63, 3.8) is 0 Å². The van der Waals surface area contributed by atoms with Crippen LogP contribution in [-0.2, 0) is 17.8 Å². The topological polar surface area (TPSA) is 47.4 Å². The third kappa shape index (κ3) is 3.97. The molecule has 0 bridgehead atoms. The van der Waals surface area contributed by atoms with Crippen LogP contribution in [0.25, 0.3) is 5.13 Å². The molecule has 2 aromatic heterocycles. The number of benzene rings is 1. The van der Waals surface area contributed by atoms with Crippen LogP contribution in [-0.4, -0.2) is 33.5 Å². The van der Waals surface area contributed by atoms with Crippen LogP contribution in [0.3, 0.4) is 0 Å². The van der Waals surface area contributed by atoms with E-state index in [9.17, 15) is 4.79 Å². The predicted molar refractivity (Wildman–Crippen MR) is 111 cm³/mol. The van der Waals surface area contributed by atoms with Crippen LogP contribution in [0.15, 0.2) is 41.8 Å². The van der Waals surface area contributed by atoms with Gasteiger partial charge in [0.15, 0.2) is 5.13 Å². The second-order valence-electron chi connectivity index (χ2n) is 7.35. The number of hydrogen-bond donors (Lipinski definition) is 0. The smallest absolute Gasteiger partial charge is 0.229 e. The molecule has 1 amide bonds. The Morgan fingerprint density at radius 2 is 1.86 bits per heavy atom. The number of nitrogens with zero attached hydrogens (tertiary/aromatic N) is 3. The number of methoxy groups -OCH3 is 1. The van der Waals surface area contributed by atoms with E-state index in [0.29, 0.717) is 19.0 Å². The number of carbonyl (C=O) groups excluding carboxylic acids is 1. The molecule has 1 aliphatic rings. The summed E-state index contributed by atoms with van der Waals surface area (Å²) in [7, 11) is 1.66. The molecule has 146 valence electrons. The minimum atomic E-state index is 0.149. The largest absolute Gasteiger partial charge is 0.497 e. The Labute approximate surface area is 169 Å². The monoisotopic (exact) mass is 395 g/mol. The average Bonchev–Trinajstić information content (AvgIpc) is 3.35. The summed E-state index contributed by atoms with van der Waals surface area (Å²) in [6.45, 7) is 4.78. The van der Waals surface area contributed by atoms with Gasteiger partial charge in [0.05, 0.1) is 19.2 Å². The van der Waals surface area contributed by atoms with Gasteiger partial charge in [-0.15, -0.1) is 11.3 Å². The molecule has 1 aromatic carbocycles. The first kappa shape index (κ1) is 18.7. The lowest BCUT2D eigenvalue weighted by Gasteiger charge is -2.22. The van der Waals surface area contributed by atoms with Crippen LogP contribution in [0.2, 0.25) is 0 Å². The molecular weight excluding hydrogens is 370 g/mol. The highest BCUT2D eigenvalue weighted by Gasteiger charge is 2.32. The van der Waals surface area contributed by atoms with E-state index < -0.39 is 0 Å². The Balaban J connectivity index is 1.46. The van der Waals surface area contributed by atoms with Crippen LogP contribution in [0.4, 0.5) is 0 Å². The van der Waals surface area contributed by atoms with Crippen molar-refractivity contribution in [1.29, 1.82) is 0 Å². The van der Waals surface area contributed by atoms with Crippen LogP contribution >= 0.6 is 11.3 Å². The molecule has 0 atom stereocenters. The summed E-state index contributed by atoms with van der Waals surface area (Å²) >= 11 is 1.59. The highest BCUT2D eigenvalue weighted by Crippen LogP contribution is 2.30. The quantitative estimate of drug-likeness (QED) is 0.599. The zero-order valence-electron chi connectivity index (χ0n) is 16.5. The standard InChI is InChI=1S/C22H25N3O2S/c1-15-4-5-16(2)25(15)22-23-18(14-28-22)12-21(26)24(19-8-9-19)13-17-6-10-20(27-3)11-7-17/h4-7,10-11,14,19H,8-9,12-13H2,1-3H3. The first-order chi connectivity index (χ1) is 13.5. The molecule has 0 spiro atoms. The minimum Gasteiger partial charge on any atom is -0.497 e. The first-order valence-electron chi connectivity index (χ1n) is 9.57. The SMILES string of the molecule is COc1ccc(CN(C(=O)Cc2csc(-n3c(C)ccc3C)n2)C2CC2)cc1. The van der Waals surface area contributed by atoms with Gasteiger partial charge in [-0.1, -0.05) is 12.1 Å². The van der Waals surface area contributed by atoms with Crippen molar-refractivity contribution in [3.8, 4) is 10.9 Å². The Hall–Kier alpha value is -2.60. The highest BCUT2D eigenvalue weighted by atomic mass is 32.1. The lowest BCUT2D eigenvalue weighted by atomic mass is 10.2. The van der Waals surface area contributed by atoms with Gasteiger partial charge in [0.1, 0.15) is 5.75 Å². The molecular formula is C22H25N3O2S. The van der Waals surface area contributed by atoms with E-state index in [1.54, 1.807) is 18.4 Å². The van der Waals surface area contributed by atoms with Gasteiger partial charge in [-0.05, 0) is 56.5 Å². The Morgan fingerprint density at radius 3 is 2.46 bits per heavy atom. The summed E-state index contributed by atoms with van der Waals surface area (Å²) < 4.78 is 7.35. The van der Waals surface area contributed by atoms with Crippen molar-refractivity contribution >= 4 is 17.2 Å². The lowest BCUT2D eigenvalue weighted by molar-refractivity contribution is -0.131. The lowest BCUT2D eigenvalue weighted by Crippen LogP contribution is -2.33. The fourth-order valence-electron chi connectivity index (χ4n) is 3.44. The number of hydrogen-bond acceptors (Lipinski definition) is 4. The number of thiazole rings is 1. The minimum absolute atomic E-state index is 0.149. The van der Waals surface area contributed by atoms with Gasteiger partial charge >= 0.3 is 0 Å². The van der Waals surface area contributed by atoms with Gasteiger partial charge in [0.25, 0.3) is 0 Å². The molecule has 1 aliphatic carbocycles. The zero-order chi connectivity index (χ0) is 19.7. The van der Waals surface area contributed by atoms with Crippen molar-refractivity contribution < 1.29 is 9.53 Å². The molecule has 6 heteroatoms.